The van der Waals surface area contributed by atoms with Gasteiger partial charge in [0.1, 0.15) is 0 Å². The molecule has 13 heavy (non-hydrogen) atoms. The number of hydrogen-bond acceptors (Lipinski definition) is 2. The quantitative estimate of drug-likeness (QED) is 0.686. The minimum atomic E-state index is 0. The molecule has 0 bridgehead atoms. The second kappa shape index (κ2) is 5.47. The molecule has 0 saturated carbocycles. The van der Waals surface area contributed by atoms with Crippen LogP contribution < -0.4 is 58.2 Å². The summed E-state index contributed by atoms with van der Waals surface area (Å²) in [5.41, 5.74) is 1.30. The number of nitrogens with zero attached hydrogens (tertiary/aromatic N) is 2. The third kappa shape index (κ3) is 2.92. The van der Waals surface area contributed by atoms with E-state index in [9.17, 15) is 0 Å². The topological polar surface area (TPSA) is 27.0 Å². The van der Waals surface area contributed by atoms with Crippen LogP contribution in [0.15, 0.2) is 0 Å². The molecule has 2 heterocycles. The van der Waals surface area contributed by atoms with Crippen LogP contribution in [-0.4, -0.2) is 11.5 Å². The van der Waals surface area contributed by atoms with Gasteiger partial charge in [-0.1, -0.05) is 13.8 Å². The molecule has 1 aromatic rings. The number of rotatable bonds is 1. The first-order valence-electron chi connectivity index (χ1n) is 4.39. The molecule has 1 aromatic heterocycles. The predicted octanol–water partition coefficient (Wildman–Crippen LogP) is -0.300. The van der Waals surface area contributed by atoms with Gasteiger partial charge >= 0.3 is 58.2 Å². The summed E-state index contributed by atoms with van der Waals surface area (Å²) in [7, 11) is 0. The molecule has 0 atom stereocenters. The molecule has 66 valence electrons. The van der Waals surface area contributed by atoms with E-state index in [1.807, 2.05) is 11.3 Å². The third-order valence-corrected chi connectivity index (χ3v) is 3.43. The molecule has 1 aliphatic rings. The van der Waals surface area contributed by atoms with Gasteiger partial charge in [-0.2, -0.15) is 0 Å². The van der Waals surface area contributed by atoms with Crippen molar-refractivity contribution in [3.8, 4) is 0 Å². The summed E-state index contributed by atoms with van der Waals surface area (Å²) in [5, 5.41) is 5.64. The largest absolute Gasteiger partial charge is 1.00 e. The van der Waals surface area contributed by atoms with Crippen LogP contribution in [0.2, 0.25) is 0 Å². The van der Waals surface area contributed by atoms with Gasteiger partial charge in [0, 0.05) is 10.8 Å². The molecule has 0 aromatic carbocycles. The summed E-state index contributed by atoms with van der Waals surface area (Å²) in [5.74, 6) is 0.570. The maximum absolute atomic E-state index is 4.61. The van der Waals surface area contributed by atoms with Gasteiger partial charge in [-0.3, -0.25) is 0 Å². The maximum atomic E-state index is 4.61. The Balaban J connectivity index is 0.000000845. The Morgan fingerprint density at radius 3 is 2.85 bits per heavy atom. The zero-order chi connectivity index (χ0) is 8.55. The Kier molecular flexibility index (Phi) is 5.25. The van der Waals surface area contributed by atoms with Crippen molar-refractivity contribution in [3.05, 3.63) is 20.9 Å². The molecule has 0 N–H and O–H groups in total. The Morgan fingerprint density at radius 2 is 2.23 bits per heavy atom. The molecule has 2 rings (SSSR count). The first kappa shape index (κ1) is 12.5. The molecular formula is C9H13N2RbS. The second-order valence-electron chi connectivity index (χ2n) is 3.43. The molecule has 0 fully saturated rings. The van der Waals surface area contributed by atoms with E-state index >= 15 is 0 Å². The molecule has 1 aliphatic heterocycles. The molecule has 0 unspecified atom stereocenters. The van der Waals surface area contributed by atoms with Crippen LogP contribution in [0, 0.1) is 0 Å². The predicted molar refractivity (Wildman–Crippen MR) is 51.8 cm³/mol. The van der Waals surface area contributed by atoms with E-state index in [0.29, 0.717) is 5.92 Å². The fraction of sp³-hybridized carbons (Fsp3) is 0.667. The van der Waals surface area contributed by atoms with Crippen molar-refractivity contribution in [1.29, 1.82) is 0 Å². The minimum absolute atomic E-state index is 0. The first-order valence-corrected chi connectivity index (χ1v) is 5.20. The van der Waals surface area contributed by atoms with E-state index in [1.54, 1.807) is 0 Å². The van der Waals surface area contributed by atoms with E-state index in [2.05, 4.69) is 24.1 Å². The summed E-state index contributed by atoms with van der Waals surface area (Å²) < 4.78 is 0. The normalized spacial score (nSPS) is 15.3. The number of hydrogen-bond donors (Lipinski definition) is 0. The van der Waals surface area contributed by atoms with Crippen LogP contribution in [0.25, 0.3) is 5.32 Å². The number of aromatic nitrogens is 1. The maximum Gasteiger partial charge on any atom is 1.00 e. The van der Waals surface area contributed by atoms with Gasteiger partial charge in [-0.05, 0) is 6.42 Å². The Hall–Kier alpha value is 1.40. The van der Waals surface area contributed by atoms with Crippen molar-refractivity contribution >= 4 is 11.3 Å². The van der Waals surface area contributed by atoms with Crippen LogP contribution in [0.1, 0.15) is 35.3 Å². The summed E-state index contributed by atoms with van der Waals surface area (Å²) in [6.07, 6.45) is 1.05. The van der Waals surface area contributed by atoms with Crippen LogP contribution in [-0.2, 0) is 13.0 Å². The van der Waals surface area contributed by atoms with Crippen molar-refractivity contribution in [2.75, 3.05) is 6.54 Å². The van der Waals surface area contributed by atoms with Crippen molar-refractivity contribution in [3.63, 3.8) is 0 Å². The molecule has 2 nitrogen and oxygen atoms in total. The third-order valence-electron chi connectivity index (χ3n) is 2.05. The van der Waals surface area contributed by atoms with Crippen molar-refractivity contribution in [2.24, 2.45) is 0 Å². The number of thiazole rings is 1. The van der Waals surface area contributed by atoms with Gasteiger partial charge in [0.25, 0.3) is 0 Å². The number of fused-ring (bicyclic) bond motifs is 1. The first-order chi connectivity index (χ1) is 5.77. The second-order valence-corrected chi connectivity index (χ2v) is 4.55. The smallest absolute Gasteiger partial charge is 0.657 e. The van der Waals surface area contributed by atoms with E-state index < -0.39 is 0 Å². The monoisotopic (exact) mass is 266 g/mol. The van der Waals surface area contributed by atoms with Gasteiger partial charge in [0.15, 0.2) is 0 Å². The van der Waals surface area contributed by atoms with Gasteiger partial charge in [0.2, 0.25) is 0 Å². The van der Waals surface area contributed by atoms with Crippen molar-refractivity contribution in [1.82, 2.24) is 4.98 Å². The molecule has 0 saturated heterocycles. The van der Waals surface area contributed by atoms with Crippen LogP contribution in [0.4, 0.5) is 0 Å². The molecular weight excluding hydrogens is 254 g/mol. The summed E-state index contributed by atoms with van der Waals surface area (Å²) >= 11 is 1.84. The van der Waals surface area contributed by atoms with E-state index in [-0.39, 0.29) is 58.2 Å². The molecule has 4 heteroatoms. The van der Waals surface area contributed by atoms with Crippen molar-refractivity contribution < 1.29 is 58.2 Å². The average molecular weight is 267 g/mol. The van der Waals surface area contributed by atoms with Gasteiger partial charge < -0.3 is 5.32 Å². The fourth-order valence-corrected chi connectivity index (χ4v) is 2.40. The van der Waals surface area contributed by atoms with Gasteiger partial charge in [-0.25, -0.2) is 4.98 Å². The van der Waals surface area contributed by atoms with Gasteiger partial charge in [0.05, 0.1) is 10.7 Å². The van der Waals surface area contributed by atoms with Crippen LogP contribution >= 0.6 is 11.3 Å². The molecule has 0 amide bonds. The Bertz CT molecular complexity index is 260. The van der Waals surface area contributed by atoms with Crippen LogP contribution in [0.3, 0.4) is 0 Å². The standard InChI is InChI=1S/C9H13N2S.Rb/c1-6(2)9-11-7-3-4-10-5-8(7)12-9;/h6H,3-5H2,1-2H3;/q-1;+1. The molecule has 0 aliphatic carbocycles. The van der Waals surface area contributed by atoms with E-state index in [0.717, 1.165) is 19.5 Å². The van der Waals surface area contributed by atoms with Crippen molar-refractivity contribution in [2.45, 2.75) is 32.7 Å². The zero-order valence-corrected chi connectivity index (χ0v) is 14.2. The average Bonchev–Trinajstić information content (AvgIpc) is 2.46. The van der Waals surface area contributed by atoms with Gasteiger partial charge in [-0.15, -0.1) is 24.4 Å². The Morgan fingerprint density at radius 1 is 1.46 bits per heavy atom. The summed E-state index contributed by atoms with van der Waals surface area (Å²) in [6.45, 7) is 6.26. The van der Waals surface area contributed by atoms with E-state index in [4.69, 9.17) is 0 Å². The zero-order valence-electron chi connectivity index (χ0n) is 8.50. The Labute approximate surface area is 132 Å². The molecule has 0 spiro atoms. The minimum Gasteiger partial charge on any atom is -0.657 e. The summed E-state index contributed by atoms with van der Waals surface area (Å²) in [4.78, 5) is 6.00. The summed E-state index contributed by atoms with van der Waals surface area (Å²) in [6, 6.07) is 0. The van der Waals surface area contributed by atoms with E-state index in [1.165, 1.54) is 15.6 Å². The molecule has 0 radical (unpaired) electrons. The fourth-order valence-electron chi connectivity index (χ4n) is 1.33. The SMILES string of the molecule is CC(C)c1nc2c(s1)C[N-]CC2.[Rb+]. The van der Waals surface area contributed by atoms with Crippen LogP contribution in [0.5, 0.6) is 0 Å².